The fourth-order valence-electron chi connectivity index (χ4n) is 14.0. The van der Waals surface area contributed by atoms with Gasteiger partial charge in [0.15, 0.2) is 0 Å². The Kier molecular flexibility index (Phi) is 48.4. The molecule has 0 bridgehead atoms. The molecule has 7 amide bonds. The first-order valence-electron chi connectivity index (χ1n) is 48.4. The molecule has 786 valence electrons. The smallest absolute Gasteiger partial charge is 0.408 e. The van der Waals surface area contributed by atoms with Gasteiger partial charge in [0.2, 0.25) is 17.7 Å². The van der Waals surface area contributed by atoms with Crippen LogP contribution in [0.4, 0.5) is 19.2 Å². The minimum Gasteiger partial charge on any atom is -0.481 e. The molecule has 0 aliphatic rings. The van der Waals surface area contributed by atoms with Crippen LogP contribution in [0.5, 0.6) is 0 Å². The number of rotatable bonds is 38. The highest BCUT2D eigenvalue weighted by atomic mass is 16.6. The molecule has 0 fully saturated rings. The van der Waals surface area contributed by atoms with E-state index in [1.807, 2.05) is 200 Å². The molecule has 0 aliphatic heterocycles. The number of fused-ring (bicyclic) bond motifs is 4. The van der Waals surface area contributed by atoms with E-state index < -0.39 is 120 Å². The third kappa shape index (κ3) is 47.5. The lowest BCUT2D eigenvalue weighted by Gasteiger charge is -2.30. The van der Waals surface area contributed by atoms with Gasteiger partial charge >= 0.3 is 54.2 Å². The zero-order chi connectivity index (χ0) is 107. The Labute approximate surface area is 849 Å². The van der Waals surface area contributed by atoms with Crippen LogP contribution in [0.3, 0.4) is 0 Å². The molecule has 11 aromatic rings. The Hall–Kier alpha value is -14.5. The number of nitrogens with two attached hydrogens (primary N) is 1. The number of carboxylic acids is 2. The fourth-order valence-corrected chi connectivity index (χ4v) is 14.0. The van der Waals surface area contributed by atoms with Crippen LogP contribution in [-0.2, 0) is 118 Å². The maximum absolute atomic E-state index is 13.7. The lowest BCUT2D eigenvalue weighted by atomic mass is 10.1. The molecule has 4 atom stereocenters. The van der Waals surface area contributed by atoms with Crippen LogP contribution in [0.15, 0.2) is 231 Å². The number of amides is 7. The van der Waals surface area contributed by atoms with E-state index in [0.29, 0.717) is 38.6 Å². The largest absolute Gasteiger partial charge is 0.481 e. The Morgan fingerprint density at radius 1 is 0.331 bits per heavy atom. The lowest BCUT2D eigenvalue weighted by molar-refractivity contribution is -0.150. The van der Waals surface area contributed by atoms with Gasteiger partial charge in [0.25, 0.3) is 0 Å². The van der Waals surface area contributed by atoms with Crippen LogP contribution in [0, 0.1) is 23.7 Å². The SMILES string of the molecule is CC(C)(C)OC(=O)N[C@@H](CC(=O)OCc1ccccc1)C(=O)O.CC(C)CN(Cc1ccc2occc2c1)C(=O)[C@H](CC(=O)O)NC(=O)OC(C)(C)C.CC(C)CN(Cc1ccc2occc2c1)C(=O)[C@H](CC(=O)OCc1ccccc1)NC(=O)OC(C)(C)C.CC(C)CN(Cc1ccc2occc2c1)C(=O)[C@H](CC(=O)OCc1ccccc1)NC(=O)OC(C)(C)C.CC(C)CNCc1ccc2occc2c1.CCN. The number of aliphatic carboxylic acids is 2. The van der Waals surface area contributed by atoms with Crippen molar-refractivity contribution in [3.63, 3.8) is 0 Å². The molecule has 0 saturated carbocycles. The van der Waals surface area contributed by atoms with Crippen LogP contribution < -0.4 is 32.3 Å². The number of esters is 3. The van der Waals surface area contributed by atoms with E-state index in [1.165, 1.54) is 10.9 Å². The summed E-state index contributed by atoms with van der Waals surface area (Å²) in [6.07, 6.45) is 1.63. The molecule has 11 rings (SSSR count). The number of ether oxygens (including phenoxy) is 7. The summed E-state index contributed by atoms with van der Waals surface area (Å²) in [4.78, 5) is 154. The number of furan rings is 4. The van der Waals surface area contributed by atoms with Crippen LogP contribution in [-0.4, -0.2) is 176 Å². The predicted octanol–water partition coefficient (Wildman–Crippen LogP) is 19.9. The van der Waals surface area contributed by atoms with Gasteiger partial charge in [0.05, 0.1) is 50.7 Å². The van der Waals surface area contributed by atoms with Crippen molar-refractivity contribution in [3.8, 4) is 0 Å². The van der Waals surface area contributed by atoms with E-state index >= 15 is 0 Å². The number of carbonyl (C=O) groups excluding carboxylic acids is 10. The Morgan fingerprint density at radius 2 is 0.579 bits per heavy atom. The van der Waals surface area contributed by atoms with Gasteiger partial charge in [-0.05, 0) is 232 Å². The van der Waals surface area contributed by atoms with E-state index in [4.69, 9.17) is 61.7 Å². The van der Waals surface area contributed by atoms with Crippen molar-refractivity contribution in [2.75, 3.05) is 32.7 Å². The zero-order valence-corrected chi connectivity index (χ0v) is 87.3. The molecule has 0 spiro atoms. The predicted molar refractivity (Wildman–Crippen MR) is 552 cm³/mol. The summed E-state index contributed by atoms with van der Waals surface area (Å²) in [6.45, 7) is 43.8. The van der Waals surface area contributed by atoms with Crippen molar-refractivity contribution >= 4 is 116 Å². The first-order chi connectivity index (χ1) is 68.3. The fraction of sp³-hybridized carbons (Fsp3) is 0.441. The Morgan fingerprint density at radius 3 is 0.828 bits per heavy atom. The molecule has 145 heavy (non-hydrogen) atoms. The number of alkyl carbamates (subject to hydrolysis) is 4. The van der Waals surface area contributed by atoms with Crippen molar-refractivity contribution < 1.29 is 119 Å². The summed E-state index contributed by atoms with van der Waals surface area (Å²) in [5.74, 6) is -4.51. The second kappa shape index (κ2) is 58.9. The number of hydrogen-bond acceptors (Lipinski definition) is 25. The van der Waals surface area contributed by atoms with Gasteiger partial charge < -0.3 is 108 Å². The quantitative estimate of drug-likeness (QED) is 0.0132. The lowest BCUT2D eigenvalue weighted by Crippen LogP contribution is -2.51. The highest BCUT2D eigenvalue weighted by Gasteiger charge is 2.36. The molecule has 9 N–H and O–H groups in total. The van der Waals surface area contributed by atoms with Gasteiger partial charge in [-0.1, -0.05) is 178 Å². The second-order valence-electron chi connectivity index (χ2n) is 40.2. The van der Waals surface area contributed by atoms with E-state index in [2.05, 4.69) is 52.6 Å². The van der Waals surface area contributed by atoms with Crippen LogP contribution in [0.25, 0.3) is 43.9 Å². The topological polar surface area (TPSA) is 458 Å². The maximum Gasteiger partial charge on any atom is 0.408 e. The summed E-state index contributed by atoms with van der Waals surface area (Å²) in [5, 5.41) is 35.5. The molecular formula is C111H147N9O25. The number of benzene rings is 7. The molecule has 0 saturated heterocycles. The monoisotopic (exact) mass is 2010 g/mol. The van der Waals surface area contributed by atoms with Crippen LogP contribution in [0.2, 0.25) is 0 Å². The molecule has 0 aliphatic carbocycles. The molecule has 0 radical (unpaired) electrons. The average Bonchev–Trinajstić information content (AvgIpc) is 1.81. The molecule has 34 heteroatoms. The summed E-state index contributed by atoms with van der Waals surface area (Å²) in [6, 6.07) is 53.5. The van der Waals surface area contributed by atoms with Crippen molar-refractivity contribution in [2.24, 2.45) is 29.4 Å². The molecule has 4 aromatic heterocycles. The summed E-state index contributed by atoms with van der Waals surface area (Å²) in [5.41, 5.74) is 11.5. The van der Waals surface area contributed by atoms with Crippen molar-refractivity contribution in [1.29, 1.82) is 0 Å². The van der Waals surface area contributed by atoms with Crippen molar-refractivity contribution in [1.82, 2.24) is 41.3 Å². The van der Waals surface area contributed by atoms with E-state index in [0.717, 1.165) is 91.5 Å². The highest BCUT2D eigenvalue weighted by molar-refractivity contribution is 5.93. The van der Waals surface area contributed by atoms with Gasteiger partial charge in [-0.2, -0.15) is 0 Å². The maximum atomic E-state index is 13.7. The number of nitrogens with one attached hydrogen (secondary N) is 5. The molecule has 4 heterocycles. The molecular weight excluding hydrogens is 1860 g/mol. The second-order valence-corrected chi connectivity index (χ2v) is 40.2. The number of carboxylic acid groups (broad SMARTS) is 2. The minimum atomic E-state index is -1.41. The third-order valence-electron chi connectivity index (χ3n) is 19.9. The van der Waals surface area contributed by atoms with E-state index in [9.17, 15) is 62.6 Å². The van der Waals surface area contributed by atoms with Crippen LogP contribution in [0.1, 0.15) is 210 Å². The van der Waals surface area contributed by atoms with Gasteiger partial charge in [-0.15, -0.1) is 0 Å². The van der Waals surface area contributed by atoms with Gasteiger partial charge in [-0.3, -0.25) is 33.6 Å². The number of hydrogen-bond donors (Lipinski definition) is 8. The van der Waals surface area contributed by atoms with Gasteiger partial charge in [-0.25, -0.2) is 24.0 Å². The van der Waals surface area contributed by atoms with Crippen molar-refractivity contribution in [3.05, 3.63) is 252 Å². The van der Waals surface area contributed by atoms with Crippen molar-refractivity contribution in [2.45, 2.75) is 264 Å². The average molecular weight is 2010 g/mol. The normalized spacial score (nSPS) is 12.1. The van der Waals surface area contributed by atoms with Gasteiger partial charge in [0, 0.05) is 67.4 Å². The first kappa shape index (κ1) is 119. The minimum absolute atomic E-state index is 0.0401. The molecule has 0 unspecified atom stereocenters. The standard InChI is InChI=1S/2C29H36N2O6.C22H30N2O6.C16H21NO6.C13H17NO.C2H7N/c2*1-20(2)17-31(18-22-11-12-25-23(15-22)13-14-35-25)27(33)24(30-28(34)37-29(3,4)5)16-26(32)36-19-21-9-7-6-8-10-21;1-14(2)12-24(13-15-6-7-18-16(10-15)8-9-29-18)20(27)17(11-19(25)26)23-21(28)30-22(3,4)5;1-16(2,3)23-15(21)17-12(14(19)20)9-13(18)22-10-11-7-5-4-6-8-11;1-10(2)8-14-9-11-3-4-13-12(7-11)5-6-15-13;1-2-3/h2*6-15,20,24H,16-19H2,1-5H3,(H,30,34);6-10,14,17H,11-13H2,1-5H3,(H,23,28)(H,25,26);4-8,12H,9-10H2,1-3H3,(H,17,21)(H,19,20);3-7,10,14H,8-9H2,1-2H3;2-3H2,1H3/t2*24-;17-;12-;;/m0000../s1. The summed E-state index contributed by atoms with van der Waals surface area (Å²) in [7, 11) is 0. The Balaban J connectivity index is 0.000000282. The summed E-state index contributed by atoms with van der Waals surface area (Å²) < 4.78 is 58.2. The molecule has 34 nitrogen and oxygen atoms in total. The number of carbonyl (C=O) groups is 12. The third-order valence-corrected chi connectivity index (χ3v) is 19.9. The van der Waals surface area contributed by atoms with Crippen LogP contribution >= 0.6 is 0 Å². The van der Waals surface area contributed by atoms with E-state index in [1.54, 1.807) is 147 Å². The summed E-state index contributed by atoms with van der Waals surface area (Å²) >= 11 is 0. The molecule has 7 aromatic carbocycles. The first-order valence-corrected chi connectivity index (χ1v) is 48.4. The zero-order valence-electron chi connectivity index (χ0n) is 87.3. The highest BCUT2D eigenvalue weighted by Crippen LogP contribution is 2.26. The van der Waals surface area contributed by atoms with Gasteiger partial charge in [0.1, 0.15) is 88.7 Å². The Bertz CT molecular complexity index is 5710. The van der Waals surface area contributed by atoms with E-state index in [-0.39, 0.29) is 68.8 Å². The number of nitrogens with zero attached hydrogens (tertiary/aromatic N) is 3.